The molecule has 0 aromatic rings. The average Bonchev–Trinajstić information content (AvgIpc) is 3.26. The summed E-state index contributed by atoms with van der Waals surface area (Å²) in [6, 6.07) is 0. The van der Waals surface area contributed by atoms with Crippen LogP contribution in [0.1, 0.15) is 200 Å². The molecule has 0 heterocycles. The molecule has 0 radical (unpaired) electrons. The zero-order valence-corrected chi connectivity index (χ0v) is 45.5. The number of aliphatic hydroxyl groups is 2. The summed E-state index contributed by atoms with van der Waals surface area (Å²) in [7, 11) is 1.78. The van der Waals surface area contributed by atoms with Gasteiger partial charge in [0.1, 0.15) is 6.10 Å². The van der Waals surface area contributed by atoms with Crippen molar-refractivity contribution in [1.29, 1.82) is 0 Å². The molecule has 382 valence electrons. The van der Waals surface area contributed by atoms with Gasteiger partial charge in [0.05, 0.1) is 29.1 Å². The molecule has 0 aliphatic heterocycles. The maximum absolute atomic E-state index is 15.8. The summed E-state index contributed by atoms with van der Waals surface area (Å²) >= 11 is 0. The zero-order chi connectivity index (χ0) is 49.5. The standard InChI is InChI=1S/C61H96O7/c1-34-20-26-60(50(64)65)30-28-56(11)38(46(60)36(34)3)16-18-44-54(9)32-40(62)49(53(7,8)43(54)23-25-58(44,56)13)68-51(66)61-27-21-35(2)37(4)47(61)39-17-19-45-55(10)33-41(67-15)48(63)52(5,6)42(55)22-24-59(45,14)57(39,12)29-31-61/h16-17,34-37,40-49,62-63H,18-33H2,1-15H3,(H,64,65)/t34-,35-,36+,37+,40+,41-,42?,43?,44-,45?,46+,47+,48+,49-,54+,55+,56-,57-,58-,59-,60+,61+/m1/s1. The van der Waals surface area contributed by atoms with Gasteiger partial charge >= 0.3 is 11.9 Å². The maximum Gasteiger partial charge on any atom is 0.313 e. The molecule has 8 fully saturated rings. The van der Waals surface area contributed by atoms with E-state index >= 15 is 4.79 Å². The van der Waals surface area contributed by atoms with Crippen LogP contribution in [-0.4, -0.2) is 58.8 Å². The Bertz CT molecular complexity index is 2140. The van der Waals surface area contributed by atoms with E-state index in [1.165, 1.54) is 11.1 Å². The molecule has 68 heavy (non-hydrogen) atoms. The lowest BCUT2D eigenvalue weighted by Crippen LogP contribution is -2.68. The molecule has 0 aromatic heterocycles. The van der Waals surface area contributed by atoms with Crippen molar-refractivity contribution < 1.29 is 34.4 Å². The molecule has 22 atom stereocenters. The van der Waals surface area contributed by atoms with Crippen LogP contribution in [0.25, 0.3) is 0 Å². The largest absolute Gasteiger partial charge is 0.481 e. The monoisotopic (exact) mass is 941 g/mol. The fourth-order valence-electron chi connectivity index (χ4n) is 22.6. The number of carbonyl (C=O) groups excluding carboxylic acids is 1. The van der Waals surface area contributed by atoms with Gasteiger partial charge in [-0.2, -0.15) is 0 Å². The zero-order valence-electron chi connectivity index (χ0n) is 45.5. The summed E-state index contributed by atoms with van der Waals surface area (Å²) in [6.45, 7) is 34.0. The molecule has 8 saturated carbocycles. The SMILES string of the molecule is CO[C@@H]1C[C@@]2(C)C(CC[C@]3(C)C2CC=C2[C@@H]4[C@@H](C)[C@H](C)CC[C@]4(C(=O)O[C@@H]4[C@@H](O)C[C@@]5(C)C(CC[C@]6(C)[C@@H]5CC=C5[C@@H]7[C@@H](C)[C@H](C)CC[C@]7(C(=O)O)CC[C@]56C)C4(C)C)CC[C@]23C)C(C)(C)[C@H]1O. The van der Waals surface area contributed by atoms with Crippen LogP contribution in [-0.2, 0) is 19.1 Å². The minimum atomic E-state index is -0.761. The van der Waals surface area contributed by atoms with Crippen LogP contribution in [0.2, 0.25) is 0 Å². The van der Waals surface area contributed by atoms with E-state index in [2.05, 4.69) is 109 Å². The number of hydrogen-bond donors (Lipinski definition) is 3. The number of methoxy groups -OCH3 is 1. The first-order valence-corrected chi connectivity index (χ1v) is 28.3. The van der Waals surface area contributed by atoms with E-state index in [1.807, 2.05) is 0 Å². The number of ether oxygens (including phenoxy) is 2. The summed E-state index contributed by atoms with van der Waals surface area (Å²) in [6.07, 6.45) is 18.0. The number of fused-ring (bicyclic) bond motifs is 14. The van der Waals surface area contributed by atoms with Crippen molar-refractivity contribution >= 4 is 11.9 Å². The van der Waals surface area contributed by atoms with Crippen molar-refractivity contribution in [3.05, 3.63) is 23.3 Å². The van der Waals surface area contributed by atoms with Crippen LogP contribution in [0.4, 0.5) is 0 Å². The number of esters is 1. The quantitative estimate of drug-likeness (QED) is 0.190. The van der Waals surface area contributed by atoms with Gasteiger partial charge in [-0.15, -0.1) is 0 Å². The Kier molecular flexibility index (Phi) is 11.3. The van der Waals surface area contributed by atoms with Crippen molar-refractivity contribution in [3.8, 4) is 0 Å². The normalized spacial score (nSPS) is 56.5. The number of allylic oxidation sites excluding steroid dienone is 4. The Morgan fingerprint density at radius 1 is 0.574 bits per heavy atom. The molecule has 10 rings (SSSR count). The van der Waals surface area contributed by atoms with E-state index in [9.17, 15) is 20.1 Å². The van der Waals surface area contributed by atoms with E-state index in [4.69, 9.17) is 9.47 Å². The molecule has 0 aromatic carbocycles. The van der Waals surface area contributed by atoms with Crippen LogP contribution >= 0.6 is 0 Å². The molecular weight excluding hydrogens is 845 g/mol. The van der Waals surface area contributed by atoms with Gasteiger partial charge in [0.25, 0.3) is 0 Å². The molecule has 10 aliphatic rings. The third-order valence-corrected chi connectivity index (χ3v) is 27.2. The summed E-state index contributed by atoms with van der Waals surface area (Å²) in [5.74, 6) is 2.71. The number of aliphatic carboxylic acids is 1. The van der Waals surface area contributed by atoms with E-state index in [0.29, 0.717) is 47.8 Å². The van der Waals surface area contributed by atoms with Crippen molar-refractivity contribution in [2.24, 2.45) is 113 Å². The second kappa shape index (κ2) is 15.4. The van der Waals surface area contributed by atoms with Crippen LogP contribution in [0.5, 0.6) is 0 Å². The number of hydrogen-bond acceptors (Lipinski definition) is 6. The first kappa shape index (κ1) is 49.9. The third kappa shape index (κ3) is 5.94. The highest BCUT2D eigenvalue weighted by molar-refractivity contribution is 5.79. The van der Waals surface area contributed by atoms with Crippen molar-refractivity contribution in [2.75, 3.05) is 7.11 Å². The fraction of sp³-hybridized carbons (Fsp3) is 0.902. The molecule has 0 saturated heterocycles. The van der Waals surface area contributed by atoms with Gasteiger partial charge in [0.15, 0.2) is 0 Å². The molecule has 10 aliphatic carbocycles. The molecule has 7 heteroatoms. The highest BCUT2D eigenvalue weighted by Crippen LogP contribution is 2.78. The molecule has 3 unspecified atom stereocenters. The Balaban J connectivity index is 0.949. The summed E-state index contributed by atoms with van der Waals surface area (Å²) in [4.78, 5) is 29.1. The summed E-state index contributed by atoms with van der Waals surface area (Å²) < 4.78 is 13.2. The molecule has 0 bridgehead atoms. The van der Waals surface area contributed by atoms with Gasteiger partial charge in [0.2, 0.25) is 0 Å². The Morgan fingerprint density at radius 2 is 1.03 bits per heavy atom. The maximum atomic E-state index is 15.8. The second-order valence-electron chi connectivity index (χ2n) is 29.6. The smallest absolute Gasteiger partial charge is 0.313 e. The number of aliphatic hydroxyl groups excluding tert-OH is 2. The van der Waals surface area contributed by atoms with E-state index < -0.39 is 40.5 Å². The lowest BCUT2D eigenvalue weighted by Gasteiger charge is -2.72. The van der Waals surface area contributed by atoms with E-state index in [-0.39, 0.29) is 67.7 Å². The van der Waals surface area contributed by atoms with Crippen LogP contribution in [0.15, 0.2) is 23.3 Å². The van der Waals surface area contributed by atoms with Crippen LogP contribution in [0.3, 0.4) is 0 Å². The summed E-state index contributed by atoms with van der Waals surface area (Å²) in [5.41, 5.74) is 0.755. The van der Waals surface area contributed by atoms with Gasteiger partial charge in [-0.3, -0.25) is 9.59 Å². The van der Waals surface area contributed by atoms with Crippen molar-refractivity contribution in [2.45, 2.75) is 224 Å². The highest BCUT2D eigenvalue weighted by Gasteiger charge is 2.74. The first-order chi connectivity index (χ1) is 31.5. The van der Waals surface area contributed by atoms with Crippen molar-refractivity contribution in [1.82, 2.24) is 0 Å². The minimum absolute atomic E-state index is 0.0252. The number of carbonyl (C=O) groups is 2. The Labute approximate surface area is 412 Å². The Morgan fingerprint density at radius 3 is 1.53 bits per heavy atom. The van der Waals surface area contributed by atoms with Gasteiger partial charge < -0.3 is 24.8 Å². The molecular formula is C61H96O7. The number of carboxylic acids is 1. The topological polar surface area (TPSA) is 113 Å². The third-order valence-electron chi connectivity index (χ3n) is 27.2. The molecule has 3 N–H and O–H groups in total. The lowest BCUT2D eigenvalue weighted by molar-refractivity contribution is -0.249. The predicted octanol–water partition coefficient (Wildman–Crippen LogP) is 13.3. The van der Waals surface area contributed by atoms with Crippen molar-refractivity contribution in [3.63, 3.8) is 0 Å². The second-order valence-corrected chi connectivity index (χ2v) is 29.6. The molecule has 7 nitrogen and oxygen atoms in total. The van der Waals surface area contributed by atoms with Crippen LogP contribution < -0.4 is 0 Å². The molecule has 0 spiro atoms. The fourth-order valence-corrected chi connectivity index (χ4v) is 22.6. The number of rotatable bonds is 4. The first-order valence-electron chi connectivity index (χ1n) is 28.3. The highest BCUT2D eigenvalue weighted by atomic mass is 16.6. The van der Waals surface area contributed by atoms with Gasteiger partial charge in [-0.1, -0.05) is 120 Å². The number of carboxylic acid groups (broad SMARTS) is 1. The van der Waals surface area contributed by atoms with E-state index in [1.54, 1.807) is 7.11 Å². The molecule has 0 amide bonds. The summed E-state index contributed by atoms with van der Waals surface area (Å²) in [5, 5.41) is 35.3. The van der Waals surface area contributed by atoms with E-state index in [0.717, 1.165) is 96.3 Å². The average molecular weight is 941 g/mol. The lowest BCUT2D eigenvalue weighted by atomic mass is 9.33. The van der Waals surface area contributed by atoms with Crippen LogP contribution in [0, 0.1) is 113 Å². The van der Waals surface area contributed by atoms with Gasteiger partial charge in [-0.05, 0) is 200 Å². The Hall–Kier alpha value is -1.70. The minimum Gasteiger partial charge on any atom is -0.481 e. The van der Waals surface area contributed by atoms with Gasteiger partial charge in [-0.25, -0.2) is 0 Å². The van der Waals surface area contributed by atoms with Gasteiger partial charge in [0, 0.05) is 12.5 Å². The predicted molar refractivity (Wildman–Crippen MR) is 269 cm³/mol.